The molecule has 0 aromatic carbocycles. The van der Waals surface area contributed by atoms with E-state index in [1.165, 1.54) is 7.11 Å². The van der Waals surface area contributed by atoms with Gasteiger partial charge in [0.05, 0.1) is 13.3 Å². The van der Waals surface area contributed by atoms with E-state index in [0.717, 1.165) is 19.3 Å². The van der Waals surface area contributed by atoms with E-state index in [1.807, 2.05) is 20.8 Å². The first kappa shape index (κ1) is 22.2. The third-order valence-corrected chi connectivity index (χ3v) is 3.63. The van der Waals surface area contributed by atoms with E-state index in [9.17, 15) is 4.79 Å². The monoisotopic (exact) mass is 387 g/mol. The predicted octanol–water partition coefficient (Wildman–Crippen LogP) is 3.85. The summed E-state index contributed by atoms with van der Waals surface area (Å²) in [7, 11) is 1.51. The minimum Gasteiger partial charge on any atom is -0.444 e. The van der Waals surface area contributed by atoms with Gasteiger partial charge in [0.1, 0.15) is 11.3 Å². The van der Waals surface area contributed by atoms with E-state index in [1.54, 1.807) is 6.20 Å². The third-order valence-electron chi connectivity index (χ3n) is 3.45. The maximum atomic E-state index is 11.7. The van der Waals surface area contributed by atoms with Gasteiger partial charge in [0, 0.05) is 13.1 Å². The van der Waals surface area contributed by atoms with Crippen LogP contribution >= 0.6 is 11.6 Å². The highest BCUT2D eigenvalue weighted by atomic mass is 35.5. The molecular weight excluding hydrogens is 358 g/mol. The number of anilines is 2. The summed E-state index contributed by atoms with van der Waals surface area (Å²) in [6.45, 7) is 8.90. The van der Waals surface area contributed by atoms with Crippen molar-refractivity contribution in [3.63, 3.8) is 0 Å². The van der Waals surface area contributed by atoms with Crippen LogP contribution in [0.1, 0.15) is 47.0 Å². The summed E-state index contributed by atoms with van der Waals surface area (Å²) in [6, 6.07) is 0. The lowest BCUT2D eigenvalue weighted by atomic mass is 10.00. The van der Waals surface area contributed by atoms with Gasteiger partial charge in [-0.3, -0.25) is 10.3 Å². The molecule has 8 nitrogen and oxygen atoms in total. The molecule has 1 atom stereocenters. The zero-order valence-electron chi connectivity index (χ0n) is 16.2. The van der Waals surface area contributed by atoms with Gasteiger partial charge >= 0.3 is 6.09 Å². The number of halogens is 1. The molecule has 0 spiro atoms. The SMILES string of the molecule is CCCC(CCNC(=O)OC(C)(C)C)CNc1nc(Cl)ncc1NOC. The Morgan fingerprint density at radius 1 is 1.35 bits per heavy atom. The van der Waals surface area contributed by atoms with E-state index < -0.39 is 11.7 Å². The van der Waals surface area contributed by atoms with Crippen LogP contribution in [-0.2, 0) is 9.57 Å². The Kier molecular flexibility index (Phi) is 9.43. The number of aromatic nitrogens is 2. The Bertz CT molecular complexity index is 566. The van der Waals surface area contributed by atoms with Gasteiger partial charge in [-0.1, -0.05) is 13.3 Å². The maximum absolute atomic E-state index is 11.7. The second kappa shape index (κ2) is 11.0. The van der Waals surface area contributed by atoms with Crippen LogP contribution in [0.2, 0.25) is 5.28 Å². The Labute approximate surface area is 160 Å². The second-order valence-electron chi connectivity index (χ2n) is 6.96. The molecule has 0 bridgehead atoms. The highest BCUT2D eigenvalue weighted by Gasteiger charge is 2.16. The van der Waals surface area contributed by atoms with Gasteiger partial charge in [-0.15, -0.1) is 0 Å². The highest BCUT2D eigenvalue weighted by Crippen LogP contribution is 2.21. The van der Waals surface area contributed by atoms with E-state index in [4.69, 9.17) is 21.2 Å². The van der Waals surface area contributed by atoms with Crippen LogP contribution in [0.5, 0.6) is 0 Å². The van der Waals surface area contributed by atoms with Crippen LogP contribution in [0.15, 0.2) is 6.20 Å². The lowest BCUT2D eigenvalue weighted by molar-refractivity contribution is 0.0525. The van der Waals surface area contributed by atoms with Crippen molar-refractivity contribution < 1.29 is 14.4 Å². The predicted molar refractivity (Wildman–Crippen MR) is 103 cm³/mol. The molecule has 0 saturated carbocycles. The van der Waals surface area contributed by atoms with Crippen molar-refractivity contribution in [1.29, 1.82) is 0 Å². The molecule has 0 aliphatic heterocycles. The second-order valence-corrected chi connectivity index (χ2v) is 7.30. The number of alkyl carbamates (subject to hydrolysis) is 1. The quantitative estimate of drug-likeness (QED) is 0.414. The minimum atomic E-state index is -0.495. The van der Waals surface area contributed by atoms with E-state index >= 15 is 0 Å². The molecular formula is C17H30ClN5O3. The zero-order valence-corrected chi connectivity index (χ0v) is 16.9. The van der Waals surface area contributed by atoms with Crippen molar-refractivity contribution in [1.82, 2.24) is 15.3 Å². The summed E-state index contributed by atoms with van der Waals surface area (Å²) in [6.07, 6.45) is 4.06. The summed E-state index contributed by atoms with van der Waals surface area (Å²) >= 11 is 5.87. The molecule has 1 rings (SSSR count). The van der Waals surface area contributed by atoms with Gasteiger partial charge in [0.15, 0.2) is 5.82 Å². The van der Waals surface area contributed by atoms with Crippen LogP contribution in [0.4, 0.5) is 16.3 Å². The van der Waals surface area contributed by atoms with Crippen LogP contribution in [0.3, 0.4) is 0 Å². The highest BCUT2D eigenvalue weighted by molar-refractivity contribution is 6.28. The summed E-state index contributed by atoms with van der Waals surface area (Å²) in [4.78, 5) is 24.8. The number of carbonyl (C=O) groups is 1. The van der Waals surface area contributed by atoms with Crippen LogP contribution in [0, 0.1) is 5.92 Å². The Hall–Kier alpha value is -1.80. The van der Waals surface area contributed by atoms with Crippen LogP contribution in [0.25, 0.3) is 0 Å². The molecule has 0 aliphatic rings. The molecule has 0 aliphatic carbocycles. The molecule has 0 saturated heterocycles. The van der Waals surface area contributed by atoms with E-state index in [-0.39, 0.29) is 5.28 Å². The molecule has 148 valence electrons. The fourth-order valence-electron chi connectivity index (χ4n) is 2.37. The molecule has 9 heteroatoms. The van der Waals surface area contributed by atoms with Crippen LogP contribution < -0.4 is 16.1 Å². The number of hydrogen-bond acceptors (Lipinski definition) is 7. The Balaban J connectivity index is 2.53. The number of amides is 1. The minimum absolute atomic E-state index is 0.160. The third kappa shape index (κ3) is 9.05. The molecule has 1 aromatic heterocycles. The molecule has 1 heterocycles. The molecule has 1 aromatic rings. The number of rotatable bonds is 10. The van der Waals surface area contributed by atoms with Crippen LogP contribution in [-0.4, -0.2) is 41.9 Å². The molecule has 26 heavy (non-hydrogen) atoms. The lowest BCUT2D eigenvalue weighted by Crippen LogP contribution is -2.34. The smallest absolute Gasteiger partial charge is 0.407 e. The lowest BCUT2D eigenvalue weighted by Gasteiger charge is -2.21. The van der Waals surface area contributed by atoms with Crippen molar-refractivity contribution in [2.24, 2.45) is 5.92 Å². The van der Waals surface area contributed by atoms with Crippen molar-refractivity contribution in [2.75, 3.05) is 31.0 Å². The normalized spacial score (nSPS) is 12.4. The number of carbonyl (C=O) groups excluding carboxylic acids is 1. The van der Waals surface area contributed by atoms with Crippen molar-refractivity contribution >= 4 is 29.2 Å². The Morgan fingerprint density at radius 2 is 2.08 bits per heavy atom. The fraction of sp³-hybridized carbons (Fsp3) is 0.706. The fourth-order valence-corrected chi connectivity index (χ4v) is 2.50. The molecule has 1 unspecified atom stereocenters. The first-order valence-electron chi connectivity index (χ1n) is 8.77. The largest absolute Gasteiger partial charge is 0.444 e. The van der Waals surface area contributed by atoms with E-state index in [2.05, 4.69) is 33.0 Å². The first-order chi connectivity index (χ1) is 12.2. The standard InChI is InChI=1S/C17H30ClN5O3/c1-6-7-12(8-9-19-16(24)26-17(2,3)4)10-20-14-13(23-25-5)11-21-15(18)22-14/h11-12,23H,6-10H2,1-5H3,(H,19,24)(H,20,21,22). The topological polar surface area (TPSA) is 97.4 Å². The molecule has 1 amide bonds. The number of nitrogens with one attached hydrogen (secondary N) is 3. The first-order valence-corrected chi connectivity index (χ1v) is 9.15. The van der Waals surface area contributed by atoms with E-state index in [0.29, 0.717) is 30.5 Å². The molecule has 0 fully saturated rings. The summed E-state index contributed by atoms with van der Waals surface area (Å²) in [5.41, 5.74) is 2.83. The molecule has 3 N–H and O–H groups in total. The number of ether oxygens (including phenoxy) is 1. The van der Waals surface area contributed by atoms with Crippen molar-refractivity contribution in [3.05, 3.63) is 11.5 Å². The average Bonchev–Trinajstić information content (AvgIpc) is 2.53. The van der Waals surface area contributed by atoms with Gasteiger partial charge in [0.2, 0.25) is 5.28 Å². The summed E-state index contributed by atoms with van der Waals surface area (Å²) in [5.74, 6) is 0.937. The molecule has 0 radical (unpaired) electrons. The van der Waals surface area contributed by atoms with Gasteiger partial charge in [-0.2, -0.15) is 4.98 Å². The zero-order chi connectivity index (χ0) is 19.6. The van der Waals surface area contributed by atoms with Crippen molar-refractivity contribution in [2.45, 2.75) is 52.6 Å². The van der Waals surface area contributed by atoms with Crippen molar-refractivity contribution in [3.8, 4) is 0 Å². The Morgan fingerprint density at radius 3 is 2.69 bits per heavy atom. The maximum Gasteiger partial charge on any atom is 0.407 e. The summed E-state index contributed by atoms with van der Waals surface area (Å²) < 4.78 is 5.25. The van der Waals surface area contributed by atoms with Gasteiger partial charge in [-0.05, 0) is 51.1 Å². The number of hydrogen-bond donors (Lipinski definition) is 3. The average molecular weight is 388 g/mol. The summed E-state index contributed by atoms with van der Waals surface area (Å²) in [5, 5.41) is 6.24. The number of nitrogens with zero attached hydrogens (tertiary/aromatic N) is 2. The van der Waals surface area contributed by atoms with Gasteiger partial charge < -0.3 is 15.4 Å². The van der Waals surface area contributed by atoms with Gasteiger partial charge in [0.25, 0.3) is 0 Å². The van der Waals surface area contributed by atoms with Gasteiger partial charge in [-0.25, -0.2) is 9.78 Å².